The number of anilines is 2. The molecule has 1 heterocycles. The highest BCUT2D eigenvalue weighted by molar-refractivity contribution is 6.46. The highest BCUT2D eigenvalue weighted by atomic mass is 35.5. The first-order chi connectivity index (χ1) is 15.7. The van der Waals surface area contributed by atoms with Crippen LogP contribution in [0, 0.1) is 30.9 Å². The number of nitrogens with one attached hydrogen (secondary N) is 1. The molecule has 7 nitrogen and oxygen atoms in total. The maximum absolute atomic E-state index is 13.6. The minimum atomic E-state index is -0.518. The predicted octanol–water partition coefficient (Wildman–Crippen LogP) is 5.57. The van der Waals surface area contributed by atoms with E-state index in [-0.39, 0.29) is 17.0 Å². The van der Waals surface area contributed by atoms with Crippen molar-refractivity contribution in [3.8, 4) is 0 Å². The Balaban J connectivity index is 1.86. The number of non-ortho nitro benzene ring substituents is 1. The summed E-state index contributed by atoms with van der Waals surface area (Å²) >= 11 is 6.14. The van der Waals surface area contributed by atoms with Gasteiger partial charge in [-0.15, -0.1) is 0 Å². The third-order valence-electron chi connectivity index (χ3n) is 5.37. The van der Waals surface area contributed by atoms with Crippen LogP contribution in [0.1, 0.15) is 22.3 Å². The molecule has 33 heavy (non-hydrogen) atoms. The Morgan fingerprint density at radius 3 is 2.12 bits per heavy atom. The molecule has 0 radical (unpaired) electrons. The third kappa shape index (κ3) is 4.23. The van der Waals surface area contributed by atoms with Gasteiger partial charge < -0.3 is 5.32 Å². The molecule has 1 aliphatic rings. The zero-order valence-electron chi connectivity index (χ0n) is 18.2. The Morgan fingerprint density at radius 1 is 0.879 bits per heavy atom. The summed E-state index contributed by atoms with van der Waals surface area (Å²) in [6.45, 7) is 5.63. The molecule has 0 bridgehead atoms. The third-order valence-corrected chi connectivity index (χ3v) is 5.61. The van der Waals surface area contributed by atoms with Crippen LogP contribution in [-0.4, -0.2) is 16.7 Å². The molecule has 0 aromatic heterocycles. The quantitative estimate of drug-likeness (QED) is 0.304. The molecule has 0 saturated heterocycles. The number of carbonyl (C=O) groups excluding carboxylic acids is 2. The Hall–Kier alpha value is -3.97. The van der Waals surface area contributed by atoms with Gasteiger partial charge in [-0.1, -0.05) is 23.7 Å². The monoisotopic (exact) mass is 461 g/mol. The predicted molar refractivity (Wildman–Crippen MR) is 128 cm³/mol. The average Bonchev–Trinajstić information content (AvgIpc) is 2.99. The van der Waals surface area contributed by atoms with Crippen molar-refractivity contribution >= 4 is 46.1 Å². The number of nitro groups is 1. The van der Waals surface area contributed by atoms with Crippen molar-refractivity contribution in [2.75, 3.05) is 10.2 Å². The maximum Gasteiger partial charge on any atom is 0.282 e. The second-order valence-electron chi connectivity index (χ2n) is 7.93. The first-order valence-electron chi connectivity index (χ1n) is 10.1. The van der Waals surface area contributed by atoms with Gasteiger partial charge in [0.25, 0.3) is 17.5 Å². The van der Waals surface area contributed by atoms with Gasteiger partial charge in [-0.05, 0) is 79.4 Å². The number of carbonyl (C=O) groups is 2. The second-order valence-corrected chi connectivity index (χ2v) is 8.37. The van der Waals surface area contributed by atoms with Crippen LogP contribution in [0.15, 0.2) is 66.4 Å². The van der Waals surface area contributed by atoms with Crippen LogP contribution in [0.25, 0.3) is 5.57 Å². The molecule has 1 N–H and O–H groups in total. The van der Waals surface area contributed by atoms with Gasteiger partial charge >= 0.3 is 0 Å². The summed E-state index contributed by atoms with van der Waals surface area (Å²) in [5.41, 5.74) is 4.20. The normalized spacial score (nSPS) is 13.6. The molecule has 0 atom stereocenters. The molecule has 166 valence electrons. The molecule has 0 aliphatic carbocycles. The smallest absolute Gasteiger partial charge is 0.282 e. The Bertz CT molecular complexity index is 1330. The van der Waals surface area contributed by atoms with Crippen molar-refractivity contribution in [1.82, 2.24) is 0 Å². The van der Waals surface area contributed by atoms with Crippen molar-refractivity contribution in [1.29, 1.82) is 0 Å². The Morgan fingerprint density at radius 2 is 1.52 bits per heavy atom. The molecule has 8 heteroatoms. The van der Waals surface area contributed by atoms with E-state index in [2.05, 4.69) is 5.32 Å². The summed E-state index contributed by atoms with van der Waals surface area (Å²) in [7, 11) is 0. The number of benzene rings is 3. The Labute approximate surface area is 195 Å². The lowest BCUT2D eigenvalue weighted by Gasteiger charge is -2.17. The van der Waals surface area contributed by atoms with Gasteiger partial charge in [0, 0.05) is 22.8 Å². The van der Waals surface area contributed by atoms with E-state index in [1.54, 1.807) is 30.3 Å². The summed E-state index contributed by atoms with van der Waals surface area (Å²) in [5.74, 6) is -1.03. The van der Waals surface area contributed by atoms with Gasteiger partial charge in [0.1, 0.15) is 5.70 Å². The van der Waals surface area contributed by atoms with E-state index < -0.39 is 16.7 Å². The van der Waals surface area contributed by atoms with Crippen LogP contribution in [-0.2, 0) is 9.59 Å². The van der Waals surface area contributed by atoms with Crippen molar-refractivity contribution in [3.63, 3.8) is 0 Å². The molecule has 1 aliphatic heterocycles. The van der Waals surface area contributed by atoms with Gasteiger partial charge in [-0.2, -0.15) is 0 Å². The minimum Gasteiger partial charge on any atom is -0.350 e. The number of nitrogens with zero attached hydrogens (tertiary/aromatic N) is 2. The molecule has 4 rings (SSSR count). The molecule has 0 saturated carbocycles. The zero-order valence-corrected chi connectivity index (χ0v) is 18.9. The highest BCUT2D eigenvalue weighted by Gasteiger charge is 2.40. The van der Waals surface area contributed by atoms with Crippen molar-refractivity contribution in [3.05, 3.63) is 104 Å². The lowest BCUT2D eigenvalue weighted by atomic mass is 10.0. The average molecular weight is 462 g/mol. The number of rotatable bonds is 5. The molecular weight excluding hydrogens is 442 g/mol. The summed E-state index contributed by atoms with van der Waals surface area (Å²) in [6.07, 6.45) is 0. The number of hydrogen-bond acceptors (Lipinski definition) is 5. The maximum atomic E-state index is 13.6. The van der Waals surface area contributed by atoms with Crippen LogP contribution in [0.2, 0.25) is 5.02 Å². The van der Waals surface area contributed by atoms with Crippen molar-refractivity contribution in [2.45, 2.75) is 20.8 Å². The molecule has 0 unspecified atom stereocenters. The number of aryl methyl sites for hydroxylation is 3. The van der Waals surface area contributed by atoms with Gasteiger partial charge in [0.15, 0.2) is 0 Å². The van der Waals surface area contributed by atoms with E-state index in [0.29, 0.717) is 22.0 Å². The van der Waals surface area contributed by atoms with Crippen LogP contribution >= 0.6 is 11.6 Å². The SMILES string of the molecule is Cc1cc(C)cc(N2C(=O)C(Nc3cc(Cl)ccc3C)=C(c3ccc([N+](=O)[O-])cc3)C2=O)c1. The topological polar surface area (TPSA) is 92.6 Å². The molecular formula is C25H20ClN3O4. The first kappa shape index (κ1) is 22.2. The van der Waals surface area contributed by atoms with Gasteiger partial charge in [-0.25, -0.2) is 4.90 Å². The lowest BCUT2D eigenvalue weighted by Crippen LogP contribution is -2.32. The summed E-state index contributed by atoms with van der Waals surface area (Å²) in [5, 5.41) is 14.6. The van der Waals surface area contributed by atoms with Crippen LogP contribution < -0.4 is 10.2 Å². The number of nitro benzene ring substituents is 1. The molecule has 2 amide bonds. The second kappa shape index (κ2) is 8.52. The molecule has 3 aromatic carbocycles. The fourth-order valence-corrected chi connectivity index (χ4v) is 4.01. The zero-order chi connectivity index (χ0) is 23.9. The van der Waals surface area contributed by atoms with E-state index in [1.165, 1.54) is 24.3 Å². The van der Waals surface area contributed by atoms with E-state index in [1.807, 2.05) is 26.8 Å². The fraction of sp³-hybridized carbons (Fsp3) is 0.120. The van der Waals surface area contributed by atoms with Crippen LogP contribution in [0.5, 0.6) is 0 Å². The van der Waals surface area contributed by atoms with Crippen molar-refractivity contribution in [2.24, 2.45) is 0 Å². The minimum absolute atomic E-state index is 0.0818. The van der Waals surface area contributed by atoms with Gasteiger partial charge in [0.2, 0.25) is 0 Å². The summed E-state index contributed by atoms with van der Waals surface area (Å²) in [6, 6.07) is 16.3. The lowest BCUT2D eigenvalue weighted by molar-refractivity contribution is -0.384. The number of hydrogen-bond donors (Lipinski definition) is 1. The molecule has 3 aromatic rings. The number of imide groups is 1. The standard InChI is InChI=1S/C25H20ClN3O4/c1-14-10-15(2)12-20(11-14)28-24(30)22(17-5-8-19(9-6-17)29(32)33)23(25(28)31)27-21-13-18(26)7-4-16(21)3/h4-13,27H,1-3H3. The Kier molecular flexibility index (Phi) is 5.74. The van der Waals surface area contributed by atoms with Crippen LogP contribution in [0.3, 0.4) is 0 Å². The van der Waals surface area contributed by atoms with Crippen LogP contribution in [0.4, 0.5) is 17.1 Å². The van der Waals surface area contributed by atoms with E-state index in [4.69, 9.17) is 11.6 Å². The fourth-order valence-electron chi connectivity index (χ4n) is 3.84. The number of amides is 2. The summed E-state index contributed by atoms with van der Waals surface area (Å²) < 4.78 is 0. The van der Waals surface area contributed by atoms with Gasteiger partial charge in [-0.3, -0.25) is 19.7 Å². The van der Waals surface area contributed by atoms with Gasteiger partial charge in [0.05, 0.1) is 16.2 Å². The van der Waals surface area contributed by atoms with Crippen molar-refractivity contribution < 1.29 is 14.5 Å². The molecule has 0 spiro atoms. The molecule has 0 fully saturated rings. The summed E-state index contributed by atoms with van der Waals surface area (Å²) in [4.78, 5) is 38.8. The van der Waals surface area contributed by atoms with E-state index >= 15 is 0 Å². The van der Waals surface area contributed by atoms with E-state index in [9.17, 15) is 19.7 Å². The van der Waals surface area contributed by atoms with E-state index in [0.717, 1.165) is 21.6 Å². The highest BCUT2D eigenvalue weighted by Crippen LogP contribution is 2.36. The number of halogens is 1. The largest absolute Gasteiger partial charge is 0.350 e. The first-order valence-corrected chi connectivity index (χ1v) is 10.5.